The Balaban J connectivity index is 1.99. The second-order valence-corrected chi connectivity index (χ2v) is 9.82. The predicted octanol–water partition coefficient (Wildman–Crippen LogP) is 3.66. The minimum absolute atomic E-state index is 0.0169. The van der Waals surface area contributed by atoms with Gasteiger partial charge in [-0.15, -0.1) is 0 Å². The molecule has 0 fully saturated rings. The summed E-state index contributed by atoms with van der Waals surface area (Å²) in [5.41, 5.74) is 0.332. The van der Waals surface area contributed by atoms with Crippen molar-refractivity contribution >= 4 is 11.8 Å². The largest absolute Gasteiger partial charge is 0.396 e. The molecule has 3 rings (SSSR count). The zero-order valence-electron chi connectivity index (χ0n) is 19.9. The van der Waals surface area contributed by atoms with Crippen LogP contribution >= 0.6 is 0 Å². The zero-order chi connectivity index (χ0) is 25.2. The van der Waals surface area contributed by atoms with E-state index in [4.69, 9.17) is 5.11 Å². The fraction of sp³-hybridized carbons (Fsp3) is 0.542. The number of carbonyl (C=O) groups is 2. The number of nitrogens with zero attached hydrogens (tertiary/aromatic N) is 3. The van der Waals surface area contributed by atoms with Crippen molar-refractivity contribution in [3.63, 3.8) is 0 Å². The number of nitrogens with one attached hydrogen (secondary N) is 1. The highest BCUT2D eigenvalue weighted by atomic mass is 19.2. The molecular formula is C24H31F3N4O3. The fourth-order valence-electron chi connectivity index (χ4n) is 4.16. The van der Waals surface area contributed by atoms with Crippen molar-refractivity contribution in [3.8, 4) is 11.3 Å². The van der Waals surface area contributed by atoms with Crippen LogP contribution < -0.4 is 5.32 Å². The second-order valence-electron chi connectivity index (χ2n) is 9.82. The Hall–Kier alpha value is -2.72. The van der Waals surface area contributed by atoms with E-state index in [0.717, 1.165) is 10.7 Å². The van der Waals surface area contributed by atoms with Crippen LogP contribution in [0.5, 0.6) is 0 Å². The van der Waals surface area contributed by atoms with Gasteiger partial charge >= 0.3 is 6.03 Å². The molecule has 34 heavy (non-hydrogen) atoms. The van der Waals surface area contributed by atoms with Crippen LogP contribution in [-0.4, -0.2) is 57.8 Å². The van der Waals surface area contributed by atoms with Gasteiger partial charge in [0.05, 0.1) is 11.7 Å². The van der Waals surface area contributed by atoms with Crippen LogP contribution in [0, 0.1) is 22.9 Å². The van der Waals surface area contributed by atoms with Gasteiger partial charge in [-0.1, -0.05) is 20.8 Å². The summed E-state index contributed by atoms with van der Waals surface area (Å²) < 4.78 is 43.1. The summed E-state index contributed by atoms with van der Waals surface area (Å²) in [7, 11) is 1.85. The van der Waals surface area contributed by atoms with Crippen molar-refractivity contribution in [2.45, 2.75) is 59.0 Å². The van der Waals surface area contributed by atoms with E-state index >= 15 is 0 Å². The standard InChI is InChI=1S/C24H31F3N4O3/c1-24(2,3)22(20(33)7-5-6-10-32)28-23(34)31-19-8-9-30(4)13-15(19)21(29-31)14-11-17(26)18(27)12-16(14)25/h11-12,22,32H,5-10,13H2,1-4H3,(H,28,34)/t22-/m1/s1. The van der Waals surface area contributed by atoms with Crippen molar-refractivity contribution in [1.29, 1.82) is 0 Å². The molecule has 1 amide bonds. The third-order valence-electron chi connectivity index (χ3n) is 5.99. The molecule has 0 spiro atoms. The Labute approximate surface area is 196 Å². The number of aliphatic hydroxyl groups is 1. The molecule has 1 atom stereocenters. The average molecular weight is 481 g/mol. The smallest absolute Gasteiger partial charge is 0.342 e. The Morgan fingerprint density at radius 2 is 1.82 bits per heavy atom. The molecule has 0 aliphatic carbocycles. The minimum Gasteiger partial charge on any atom is -0.396 e. The first-order valence-electron chi connectivity index (χ1n) is 11.3. The summed E-state index contributed by atoms with van der Waals surface area (Å²) in [6.45, 7) is 6.44. The number of hydrogen-bond donors (Lipinski definition) is 2. The second kappa shape index (κ2) is 10.3. The Morgan fingerprint density at radius 3 is 2.47 bits per heavy atom. The first-order valence-corrected chi connectivity index (χ1v) is 11.3. The quantitative estimate of drug-likeness (QED) is 0.467. The maximum Gasteiger partial charge on any atom is 0.342 e. The van der Waals surface area contributed by atoms with Gasteiger partial charge in [-0.25, -0.2) is 18.0 Å². The van der Waals surface area contributed by atoms with E-state index in [1.54, 1.807) is 0 Å². The lowest BCUT2D eigenvalue weighted by Crippen LogP contribution is -2.51. The lowest BCUT2D eigenvalue weighted by atomic mass is 9.83. The summed E-state index contributed by atoms with van der Waals surface area (Å²) in [4.78, 5) is 28.1. The number of likely N-dealkylation sites (N-methyl/N-ethyl adjacent to an activating group) is 1. The van der Waals surface area contributed by atoms with E-state index in [1.165, 1.54) is 0 Å². The number of benzene rings is 1. The highest BCUT2D eigenvalue weighted by Crippen LogP contribution is 2.32. The number of ketones is 1. The molecule has 10 heteroatoms. The minimum atomic E-state index is -1.31. The molecule has 186 valence electrons. The number of carbonyl (C=O) groups excluding carboxylic acids is 2. The summed E-state index contributed by atoms with van der Waals surface area (Å²) in [5.74, 6) is -3.67. The number of halogens is 3. The van der Waals surface area contributed by atoms with E-state index in [2.05, 4.69) is 10.4 Å². The molecule has 1 aliphatic rings. The molecule has 7 nitrogen and oxygen atoms in total. The van der Waals surface area contributed by atoms with Gasteiger partial charge in [0.1, 0.15) is 11.5 Å². The van der Waals surface area contributed by atoms with E-state index in [0.29, 0.717) is 49.7 Å². The Kier molecular flexibility index (Phi) is 7.82. The maximum absolute atomic E-state index is 14.6. The number of fused-ring (bicyclic) bond motifs is 1. The number of unbranched alkanes of at least 4 members (excludes halogenated alkanes) is 1. The molecule has 0 unspecified atom stereocenters. The van der Waals surface area contributed by atoms with Gasteiger partial charge in [-0.2, -0.15) is 9.78 Å². The van der Waals surface area contributed by atoms with E-state index < -0.39 is 34.9 Å². The van der Waals surface area contributed by atoms with Crippen molar-refractivity contribution in [2.75, 3.05) is 20.2 Å². The molecular weight excluding hydrogens is 449 g/mol. The number of hydrogen-bond acceptors (Lipinski definition) is 5. The fourth-order valence-corrected chi connectivity index (χ4v) is 4.16. The van der Waals surface area contributed by atoms with Gasteiger partial charge in [-0.05, 0) is 31.4 Å². The van der Waals surface area contributed by atoms with Crippen molar-refractivity contribution in [2.24, 2.45) is 5.41 Å². The highest BCUT2D eigenvalue weighted by Gasteiger charge is 2.35. The lowest BCUT2D eigenvalue weighted by molar-refractivity contribution is -0.123. The number of aliphatic hydroxyl groups excluding tert-OH is 1. The number of aromatic nitrogens is 2. The lowest BCUT2D eigenvalue weighted by Gasteiger charge is -2.30. The van der Waals surface area contributed by atoms with Gasteiger partial charge in [0.15, 0.2) is 17.4 Å². The van der Waals surface area contributed by atoms with Crippen molar-refractivity contribution in [1.82, 2.24) is 20.0 Å². The van der Waals surface area contributed by atoms with Gasteiger partial charge in [0.25, 0.3) is 0 Å². The van der Waals surface area contributed by atoms with Crippen molar-refractivity contribution < 1.29 is 27.9 Å². The zero-order valence-corrected chi connectivity index (χ0v) is 19.9. The Morgan fingerprint density at radius 1 is 1.15 bits per heavy atom. The molecule has 2 aromatic rings. The summed E-state index contributed by atoms with van der Waals surface area (Å²) in [6.07, 6.45) is 1.62. The molecule has 2 heterocycles. The number of rotatable bonds is 7. The number of Topliss-reactive ketones (excluding diaryl/α,β-unsaturated/α-hetero) is 1. The van der Waals surface area contributed by atoms with Gasteiger partial charge in [0, 0.05) is 49.7 Å². The summed E-state index contributed by atoms with van der Waals surface area (Å²) >= 11 is 0. The first kappa shape index (κ1) is 25.9. The van der Waals surface area contributed by atoms with Crippen LogP contribution in [0.2, 0.25) is 0 Å². The van der Waals surface area contributed by atoms with Gasteiger partial charge in [0.2, 0.25) is 0 Å². The SMILES string of the molecule is CN1CCc2c(c(-c3cc(F)c(F)cc3F)nn2C(=O)N[C@H](C(=O)CCCCO)C(C)(C)C)C1. The molecule has 2 N–H and O–H groups in total. The molecule has 0 saturated carbocycles. The van der Waals surface area contributed by atoms with Crippen LogP contribution in [0.3, 0.4) is 0 Å². The predicted molar refractivity (Wildman–Crippen MR) is 121 cm³/mol. The van der Waals surface area contributed by atoms with Gasteiger partial charge in [-0.3, -0.25) is 4.79 Å². The third kappa shape index (κ3) is 5.50. The average Bonchev–Trinajstić information content (AvgIpc) is 3.12. The normalized spacial score (nSPS) is 15.2. The molecule has 1 aromatic carbocycles. The van der Waals surface area contributed by atoms with E-state index in [9.17, 15) is 22.8 Å². The monoisotopic (exact) mass is 480 g/mol. The summed E-state index contributed by atoms with van der Waals surface area (Å²) in [5, 5.41) is 16.1. The Bertz CT molecular complexity index is 1080. The molecule has 0 radical (unpaired) electrons. The molecule has 0 bridgehead atoms. The van der Waals surface area contributed by atoms with E-state index in [-0.39, 0.29) is 30.1 Å². The van der Waals surface area contributed by atoms with Gasteiger partial charge < -0.3 is 15.3 Å². The van der Waals surface area contributed by atoms with Crippen LogP contribution in [0.1, 0.15) is 51.3 Å². The van der Waals surface area contributed by atoms with Crippen LogP contribution in [0.25, 0.3) is 11.3 Å². The first-order chi connectivity index (χ1) is 15.9. The summed E-state index contributed by atoms with van der Waals surface area (Å²) in [6, 6.07) is -0.255. The molecule has 0 saturated heterocycles. The van der Waals surface area contributed by atoms with Crippen LogP contribution in [0.4, 0.5) is 18.0 Å². The topological polar surface area (TPSA) is 87.5 Å². The van der Waals surface area contributed by atoms with E-state index in [1.807, 2.05) is 32.7 Å². The third-order valence-corrected chi connectivity index (χ3v) is 5.99. The highest BCUT2D eigenvalue weighted by molar-refractivity contribution is 5.90. The molecule has 1 aliphatic heterocycles. The van der Waals surface area contributed by atoms with Crippen molar-refractivity contribution in [3.05, 3.63) is 40.8 Å². The van der Waals surface area contributed by atoms with Crippen LogP contribution in [-0.2, 0) is 17.8 Å². The number of amides is 1. The maximum atomic E-state index is 14.6. The molecule has 1 aromatic heterocycles. The van der Waals surface area contributed by atoms with Crippen LogP contribution in [0.15, 0.2) is 12.1 Å².